The number of aliphatic hydroxyl groups is 1. The van der Waals surface area contributed by atoms with E-state index in [4.69, 9.17) is 0 Å². The van der Waals surface area contributed by atoms with E-state index in [1.807, 2.05) is 30.3 Å². The third-order valence-electron chi connectivity index (χ3n) is 5.90. The van der Waals surface area contributed by atoms with Crippen molar-refractivity contribution < 1.29 is 27.5 Å². The molecule has 0 aliphatic carbocycles. The maximum atomic E-state index is 13.9. The second-order valence-electron chi connectivity index (χ2n) is 8.59. The van der Waals surface area contributed by atoms with Crippen molar-refractivity contribution in [1.29, 1.82) is 0 Å². The van der Waals surface area contributed by atoms with Crippen LogP contribution in [0.15, 0.2) is 89.7 Å². The molecule has 6 nitrogen and oxygen atoms in total. The highest BCUT2D eigenvalue weighted by Crippen LogP contribution is 2.30. The van der Waals surface area contributed by atoms with Gasteiger partial charge in [0.2, 0.25) is 0 Å². The van der Waals surface area contributed by atoms with Crippen LogP contribution in [0, 0.1) is 5.82 Å². The van der Waals surface area contributed by atoms with E-state index in [9.17, 15) is 32.3 Å². The van der Waals surface area contributed by atoms with Crippen molar-refractivity contribution in [2.75, 3.05) is 6.61 Å². The SMILES string of the molecule is O=C(N[C@@H](CO)CCc1ccccc1)c1cc(-c2ccc(C(F)(F)F)cc2)nn(-c2cccc(F)c2)c1=O. The fourth-order valence-corrected chi connectivity index (χ4v) is 3.87. The molecular weight excluding hydrogens is 502 g/mol. The van der Waals surface area contributed by atoms with Gasteiger partial charge in [-0.25, -0.2) is 4.39 Å². The van der Waals surface area contributed by atoms with E-state index in [1.165, 1.54) is 36.4 Å². The van der Waals surface area contributed by atoms with E-state index >= 15 is 0 Å². The van der Waals surface area contributed by atoms with Gasteiger partial charge in [0.15, 0.2) is 0 Å². The minimum absolute atomic E-state index is 0.0255. The Hall–Kier alpha value is -4.31. The lowest BCUT2D eigenvalue weighted by Crippen LogP contribution is -2.41. The monoisotopic (exact) mass is 525 g/mol. The number of nitrogens with one attached hydrogen (secondary N) is 1. The van der Waals surface area contributed by atoms with Crippen molar-refractivity contribution in [2.24, 2.45) is 0 Å². The molecule has 196 valence electrons. The molecule has 38 heavy (non-hydrogen) atoms. The number of aryl methyl sites for hydroxylation is 1. The molecule has 3 aromatic carbocycles. The first-order valence-electron chi connectivity index (χ1n) is 11.7. The van der Waals surface area contributed by atoms with Gasteiger partial charge in [0.25, 0.3) is 11.5 Å². The summed E-state index contributed by atoms with van der Waals surface area (Å²) < 4.78 is 53.8. The quantitative estimate of drug-likeness (QED) is 0.325. The molecule has 2 N–H and O–H groups in total. The summed E-state index contributed by atoms with van der Waals surface area (Å²) in [7, 11) is 0. The predicted molar refractivity (Wildman–Crippen MR) is 133 cm³/mol. The van der Waals surface area contributed by atoms with Crippen molar-refractivity contribution in [3.8, 4) is 16.9 Å². The highest BCUT2D eigenvalue weighted by atomic mass is 19.4. The molecule has 0 bridgehead atoms. The smallest absolute Gasteiger partial charge is 0.394 e. The highest BCUT2D eigenvalue weighted by Gasteiger charge is 2.30. The summed E-state index contributed by atoms with van der Waals surface area (Å²) in [5, 5.41) is 16.6. The summed E-state index contributed by atoms with van der Waals surface area (Å²) >= 11 is 0. The van der Waals surface area contributed by atoms with E-state index in [-0.39, 0.29) is 29.1 Å². The molecule has 4 aromatic rings. The molecule has 1 amide bonds. The number of aromatic nitrogens is 2. The molecule has 0 fully saturated rings. The zero-order valence-corrected chi connectivity index (χ0v) is 20.0. The summed E-state index contributed by atoms with van der Waals surface area (Å²) in [6.07, 6.45) is -3.59. The van der Waals surface area contributed by atoms with Crippen LogP contribution < -0.4 is 10.9 Å². The first-order valence-corrected chi connectivity index (χ1v) is 11.7. The molecule has 0 unspecified atom stereocenters. The lowest BCUT2D eigenvalue weighted by molar-refractivity contribution is -0.137. The molecular formula is C28H23F4N3O3. The zero-order chi connectivity index (χ0) is 27.3. The fraction of sp³-hybridized carbons (Fsp3) is 0.179. The number of aliphatic hydroxyl groups excluding tert-OH is 1. The van der Waals surface area contributed by atoms with Crippen LogP contribution in [-0.2, 0) is 12.6 Å². The van der Waals surface area contributed by atoms with Crippen LogP contribution in [-0.4, -0.2) is 33.4 Å². The Morgan fingerprint density at radius 2 is 1.68 bits per heavy atom. The predicted octanol–water partition coefficient (Wildman–Crippen LogP) is 4.78. The van der Waals surface area contributed by atoms with Gasteiger partial charge in [0, 0.05) is 5.56 Å². The Morgan fingerprint density at radius 3 is 2.32 bits per heavy atom. The molecule has 0 saturated carbocycles. The normalized spacial score (nSPS) is 12.2. The summed E-state index contributed by atoms with van der Waals surface area (Å²) in [6, 6.07) is 19.0. The standard InChI is InChI=1S/C28H23F4N3O3/c29-21-7-4-8-23(15-21)35-27(38)24(16-25(34-35)19-10-12-20(13-11-19)28(30,31)32)26(37)33-22(17-36)14-9-18-5-2-1-3-6-18/h1-8,10-13,15-16,22,36H,9,14,17H2,(H,33,37)/t22-/m1/s1. The van der Waals surface area contributed by atoms with Crippen LogP contribution in [0.25, 0.3) is 16.9 Å². The third kappa shape index (κ3) is 6.33. The second-order valence-corrected chi connectivity index (χ2v) is 8.59. The van der Waals surface area contributed by atoms with Gasteiger partial charge in [-0.15, -0.1) is 0 Å². The number of carbonyl (C=O) groups is 1. The maximum absolute atomic E-state index is 13.9. The van der Waals surface area contributed by atoms with Crippen molar-refractivity contribution in [3.05, 3.63) is 118 Å². The van der Waals surface area contributed by atoms with Crippen LogP contribution in [0.3, 0.4) is 0 Å². The number of nitrogens with zero attached hydrogens (tertiary/aromatic N) is 2. The van der Waals surface area contributed by atoms with Crippen LogP contribution in [0.5, 0.6) is 0 Å². The Labute approximate surface area is 215 Å². The number of alkyl halides is 3. The van der Waals surface area contributed by atoms with E-state index in [2.05, 4.69) is 10.4 Å². The van der Waals surface area contributed by atoms with Crippen molar-refractivity contribution in [3.63, 3.8) is 0 Å². The van der Waals surface area contributed by atoms with E-state index in [1.54, 1.807) is 0 Å². The van der Waals surface area contributed by atoms with Gasteiger partial charge in [-0.05, 0) is 54.8 Å². The van der Waals surface area contributed by atoms with Gasteiger partial charge < -0.3 is 10.4 Å². The topological polar surface area (TPSA) is 84.2 Å². The number of rotatable bonds is 8. The van der Waals surface area contributed by atoms with Crippen molar-refractivity contribution in [2.45, 2.75) is 25.1 Å². The average Bonchev–Trinajstić information content (AvgIpc) is 2.91. The largest absolute Gasteiger partial charge is 0.416 e. The molecule has 1 heterocycles. The van der Waals surface area contributed by atoms with Gasteiger partial charge in [0.05, 0.1) is 29.6 Å². The minimum atomic E-state index is -4.55. The first kappa shape index (κ1) is 26.7. The Balaban J connectivity index is 1.70. The Kier molecular flexibility index (Phi) is 8.02. The highest BCUT2D eigenvalue weighted by molar-refractivity contribution is 5.95. The number of carbonyl (C=O) groups excluding carboxylic acids is 1. The van der Waals surface area contributed by atoms with Gasteiger partial charge >= 0.3 is 6.18 Å². The number of halogens is 4. The lowest BCUT2D eigenvalue weighted by atomic mass is 10.0. The third-order valence-corrected chi connectivity index (χ3v) is 5.90. The lowest BCUT2D eigenvalue weighted by Gasteiger charge is -2.17. The fourth-order valence-electron chi connectivity index (χ4n) is 3.87. The Bertz CT molecular complexity index is 1470. The minimum Gasteiger partial charge on any atom is -0.394 e. The molecule has 0 spiro atoms. The second kappa shape index (κ2) is 11.4. The van der Waals surface area contributed by atoms with Crippen molar-refractivity contribution in [1.82, 2.24) is 15.1 Å². The van der Waals surface area contributed by atoms with Gasteiger partial charge in [0.1, 0.15) is 11.4 Å². The summed E-state index contributed by atoms with van der Waals surface area (Å²) in [5.41, 5.74) is -0.831. The molecule has 0 aliphatic heterocycles. The van der Waals surface area contributed by atoms with Crippen LogP contribution in [0.2, 0.25) is 0 Å². The van der Waals surface area contributed by atoms with Gasteiger partial charge in [-0.2, -0.15) is 23.0 Å². The molecule has 1 aromatic heterocycles. The van der Waals surface area contributed by atoms with E-state index < -0.39 is 35.1 Å². The van der Waals surface area contributed by atoms with Crippen LogP contribution >= 0.6 is 0 Å². The van der Waals surface area contributed by atoms with E-state index in [0.29, 0.717) is 12.8 Å². The molecule has 0 aliphatic rings. The summed E-state index contributed by atoms with van der Waals surface area (Å²) in [4.78, 5) is 26.4. The number of benzene rings is 3. The maximum Gasteiger partial charge on any atom is 0.416 e. The van der Waals surface area contributed by atoms with Crippen LogP contribution in [0.4, 0.5) is 17.6 Å². The molecule has 0 saturated heterocycles. The van der Waals surface area contributed by atoms with Crippen LogP contribution in [0.1, 0.15) is 27.9 Å². The molecule has 1 atom stereocenters. The van der Waals surface area contributed by atoms with Crippen molar-refractivity contribution >= 4 is 5.91 Å². The van der Waals surface area contributed by atoms with E-state index in [0.717, 1.165) is 28.4 Å². The average molecular weight is 526 g/mol. The number of hydrogen-bond acceptors (Lipinski definition) is 4. The zero-order valence-electron chi connectivity index (χ0n) is 20.0. The summed E-state index contributed by atoms with van der Waals surface area (Å²) in [5.74, 6) is -1.45. The summed E-state index contributed by atoms with van der Waals surface area (Å²) in [6.45, 7) is -0.381. The first-order chi connectivity index (χ1) is 18.2. The number of amides is 1. The number of hydrogen-bond donors (Lipinski definition) is 2. The molecule has 10 heteroatoms. The Morgan fingerprint density at radius 1 is 0.974 bits per heavy atom. The molecule has 4 rings (SSSR count). The van der Waals surface area contributed by atoms with Gasteiger partial charge in [-0.3, -0.25) is 9.59 Å². The molecule has 0 radical (unpaired) electrons. The van der Waals surface area contributed by atoms with Gasteiger partial charge in [-0.1, -0.05) is 48.5 Å².